The summed E-state index contributed by atoms with van der Waals surface area (Å²) in [7, 11) is 0. The predicted molar refractivity (Wildman–Crippen MR) is 149 cm³/mol. The van der Waals surface area contributed by atoms with Gasteiger partial charge < -0.3 is 9.84 Å². The number of allylic oxidation sites excluding steroid dienone is 2. The van der Waals surface area contributed by atoms with Crippen molar-refractivity contribution < 1.29 is 19.4 Å². The summed E-state index contributed by atoms with van der Waals surface area (Å²) in [4.78, 5) is 23.0. The number of unbranched alkanes of at least 4 members (excludes halogenated alkanes) is 18. The number of rotatable bonds is 27. The number of hydrogen-bond acceptors (Lipinski definition) is 3. The summed E-state index contributed by atoms with van der Waals surface area (Å²) < 4.78 is 5.14. The molecule has 0 radical (unpaired) electrons. The summed E-state index contributed by atoms with van der Waals surface area (Å²) >= 11 is 0. The van der Waals surface area contributed by atoms with Gasteiger partial charge in [-0.25, -0.2) is 0 Å². The van der Waals surface area contributed by atoms with E-state index in [1.165, 1.54) is 103 Å². The summed E-state index contributed by atoms with van der Waals surface area (Å²) in [5, 5.41) is 9.02. The quantitative estimate of drug-likeness (QED) is 0.0701. The molecular weight excluding hydrogens is 436 g/mol. The lowest BCUT2D eigenvalue weighted by Gasteiger charge is -2.13. The number of carbonyl (C=O) groups excluding carboxylic acids is 1. The molecule has 4 heteroatoms. The maximum Gasteiger partial charge on any atom is 0.309 e. The van der Waals surface area contributed by atoms with Gasteiger partial charge >= 0.3 is 11.9 Å². The first-order valence-electron chi connectivity index (χ1n) is 15.1. The first kappa shape index (κ1) is 33.7. The number of ether oxygens (including phenoxy) is 1. The Morgan fingerprint density at radius 2 is 1.06 bits per heavy atom. The molecule has 0 heterocycles. The van der Waals surface area contributed by atoms with Crippen LogP contribution in [0.4, 0.5) is 0 Å². The lowest BCUT2D eigenvalue weighted by Crippen LogP contribution is -2.21. The second kappa shape index (κ2) is 27.3. The molecule has 0 aromatic carbocycles. The highest BCUT2D eigenvalue weighted by Gasteiger charge is 2.22. The van der Waals surface area contributed by atoms with Crippen molar-refractivity contribution in [1.29, 1.82) is 0 Å². The molecule has 35 heavy (non-hydrogen) atoms. The maximum absolute atomic E-state index is 12.0. The number of aliphatic carboxylic acids is 1. The van der Waals surface area contributed by atoms with Crippen molar-refractivity contribution in [3.63, 3.8) is 0 Å². The number of hydrogen-bond donors (Lipinski definition) is 1. The molecule has 1 unspecified atom stereocenters. The maximum atomic E-state index is 12.0. The number of carboxylic acids is 1. The molecule has 0 aliphatic carbocycles. The summed E-state index contributed by atoms with van der Waals surface area (Å²) in [6.45, 7) is 4.60. The highest BCUT2D eigenvalue weighted by molar-refractivity contribution is 5.79. The SMILES string of the molecule is CCCCCCCCCCCCCCCC/C=C/CCCCCCC(CC(=O)O)C(=O)OCCC. The van der Waals surface area contributed by atoms with Crippen LogP contribution in [-0.2, 0) is 14.3 Å². The van der Waals surface area contributed by atoms with E-state index in [-0.39, 0.29) is 12.4 Å². The molecule has 0 spiro atoms. The highest BCUT2D eigenvalue weighted by atomic mass is 16.5. The zero-order valence-electron chi connectivity index (χ0n) is 23.4. The zero-order valence-corrected chi connectivity index (χ0v) is 23.4. The summed E-state index contributed by atoms with van der Waals surface area (Å²) in [6, 6.07) is 0. The monoisotopic (exact) mass is 494 g/mol. The van der Waals surface area contributed by atoms with Gasteiger partial charge in [-0.05, 0) is 38.5 Å². The molecule has 0 saturated heterocycles. The van der Waals surface area contributed by atoms with Gasteiger partial charge in [0.05, 0.1) is 18.9 Å². The van der Waals surface area contributed by atoms with E-state index >= 15 is 0 Å². The van der Waals surface area contributed by atoms with E-state index in [1.807, 2.05) is 6.92 Å². The van der Waals surface area contributed by atoms with E-state index in [2.05, 4.69) is 19.1 Å². The van der Waals surface area contributed by atoms with Gasteiger partial charge in [0.15, 0.2) is 0 Å². The number of carboxylic acid groups (broad SMARTS) is 1. The van der Waals surface area contributed by atoms with Crippen molar-refractivity contribution in [3.05, 3.63) is 12.2 Å². The van der Waals surface area contributed by atoms with Crippen LogP contribution in [0.3, 0.4) is 0 Å². The van der Waals surface area contributed by atoms with Crippen molar-refractivity contribution >= 4 is 11.9 Å². The van der Waals surface area contributed by atoms with Crippen LogP contribution in [-0.4, -0.2) is 23.7 Å². The topological polar surface area (TPSA) is 63.6 Å². The van der Waals surface area contributed by atoms with Crippen molar-refractivity contribution in [1.82, 2.24) is 0 Å². The zero-order chi connectivity index (χ0) is 25.8. The smallest absolute Gasteiger partial charge is 0.309 e. The average Bonchev–Trinajstić information content (AvgIpc) is 2.84. The Bertz CT molecular complexity index is 500. The first-order chi connectivity index (χ1) is 17.1. The van der Waals surface area contributed by atoms with Crippen LogP contribution in [0, 0.1) is 5.92 Å². The molecule has 0 bridgehead atoms. The molecule has 0 aliphatic rings. The Hall–Kier alpha value is -1.32. The van der Waals surface area contributed by atoms with E-state index in [9.17, 15) is 9.59 Å². The third kappa shape index (κ3) is 25.6. The average molecular weight is 495 g/mol. The molecule has 0 saturated carbocycles. The predicted octanol–water partition coefficient (Wildman–Crippen LogP) is 9.80. The largest absolute Gasteiger partial charge is 0.481 e. The minimum Gasteiger partial charge on any atom is -0.481 e. The van der Waals surface area contributed by atoms with Crippen LogP contribution in [0.2, 0.25) is 0 Å². The standard InChI is InChI=1S/C31H58O4/c1-3-5-6-7-8-9-10-11-12-13-14-15-16-17-18-19-20-21-22-23-24-25-26-29(28-30(32)33)31(34)35-27-4-2/h19-20,29H,3-18,21-28H2,1-2H3,(H,32,33)/b20-19+. The number of esters is 1. The Labute approximate surface area is 217 Å². The van der Waals surface area contributed by atoms with Gasteiger partial charge in [-0.15, -0.1) is 0 Å². The van der Waals surface area contributed by atoms with Crippen LogP contribution in [0.1, 0.15) is 162 Å². The molecule has 0 amide bonds. The van der Waals surface area contributed by atoms with Crippen molar-refractivity contribution in [2.24, 2.45) is 5.92 Å². The lowest BCUT2D eigenvalue weighted by atomic mass is 9.97. The molecule has 1 N–H and O–H groups in total. The fourth-order valence-corrected chi connectivity index (χ4v) is 4.53. The molecule has 0 fully saturated rings. The van der Waals surface area contributed by atoms with Gasteiger partial charge in [-0.2, -0.15) is 0 Å². The molecule has 0 aliphatic heterocycles. The van der Waals surface area contributed by atoms with Gasteiger partial charge in [0.25, 0.3) is 0 Å². The highest BCUT2D eigenvalue weighted by Crippen LogP contribution is 2.18. The Kier molecular flexibility index (Phi) is 26.2. The van der Waals surface area contributed by atoms with Crippen molar-refractivity contribution in [3.8, 4) is 0 Å². The van der Waals surface area contributed by atoms with E-state index in [0.717, 1.165) is 32.1 Å². The van der Waals surface area contributed by atoms with Crippen LogP contribution >= 0.6 is 0 Å². The fraction of sp³-hybridized carbons (Fsp3) is 0.871. The second-order valence-electron chi connectivity index (χ2n) is 10.3. The summed E-state index contributed by atoms with van der Waals surface area (Å²) in [5.74, 6) is -1.77. The van der Waals surface area contributed by atoms with Crippen molar-refractivity contribution in [2.75, 3.05) is 6.61 Å². The Morgan fingerprint density at radius 1 is 0.629 bits per heavy atom. The number of carbonyl (C=O) groups is 2. The Morgan fingerprint density at radius 3 is 1.49 bits per heavy atom. The third-order valence-electron chi connectivity index (χ3n) is 6.77. The Balaban J connectivity index is 3.44. The summed E-state index contributed by atoms with van der Waals surface area (Å²) in [5.41, 5.74) is 0. The van der Waals surface area contributed by atoms with Crippen LogP contribution < -0.4 is 0 Å². The van der Waals surface area contributed by atoms with Gasteiger partial charge in [0.2, 0.25) is 0 Å². The second-order valence-corrected chi connectivity index (χ2v) is 10.3. The molecule has 0 rings (SSSR count). The van der Waals surface area contributed by atoms with Crippen LogP contribution in [0.5, 0.6) is 0 Å². The van der Waals surface area contributed by atoms with Gasteiger partial charge in [-0.3, -0.25) is 9.59 Å². The van der Waals surface area contributed by atoms with Gasteiger partial charge in [-0.1, -0.05) is 129 Å². The molecular formula is C31H58O4. The normalized spacial score (nSPS) is 12.3. The van der Waals surface area contributed by atoms with Crippen LogP contribution in [0.25, 0.3) is 0 Å². The van der Waals surface area contributed by atoms with Gasteiger partial charge in [0.1, 0.15) is 0 Å². The molecule has 1 atom stereocenters. The molecule has 206 valence electrons. The molecule has 4 nitrogen and oxygen atoms in total. The van der Waals surface area contributed by atoms with E-state index in [0.29, 0.717) is 13.0 Å². The summed E-state index contributed by atoms with van der Waals surface area (Å²) in [6.07, 6.45) is 32.2. The van der Waals surface area contributed by atoms with Crippen molar-refractivity contribution in [2.45, 2.75) is 162 Å². The lowest BCUT2D eigenvalue weighted by molar-refractivity contribution is -0.153. The molecule has 0 aromatic heterocycles. The minimum absolute atomic E-state index is 0.120. The van der Waals surface area contributed by atoms with Crippen LogP contribution in [0.15, 0.2) is 12.2 Å². The fourth-order valence-electron chi connectivity index (χ4n) is 4.53. The third-order valence-corrected chi connectivity index (χ3v) is 6.77. The van der Waals surface area contributed by atoms with E-state index < -0.39 is 11.9 Å². The van der Waals surface area contributed by atoms with E-state index in [1.54, 1.807) is 0 Å². The molecule has 0 aromatic rings. The first-order valence-corrected chi connectivity index (χ1v) is 15.1. The minimum atomic E-state index is -0.924. The van der Waals surface area contributed by atoms with Gasteiger partial charge in [0, 0.05) is 0 Å². The van der Waals surface area contributed by atoms with E-state index in [4.69, 9.17) is 9.84 Å².